The minimum atomic E-state index is -0.872. The van der Waals surface area contributed by atoms with Crippen LogP contribution < -0.4 is 5.32 Å². The Balaban J connectivity index is 3.01. The van der Waals surface area contributed by atoms with Crippen molar-refractivity contribution >= 4 is 39.2 Å². The van der Waals surface area contributed by atoms with E-state index in [1.165, 1.54) is 0 Å². The molecule has 2 N–H and O–H groups in total. The van der Waals surface area contributed by atoms with Crippen LogP contribution in [0.1, 0.15) is 19.4 Å². The molecule has 0 saturated heterocycles. The molecule has 0 aliphatic carbocycles. The Kier molecular flexibility index (Phi) is 4.83. The second-order valence-corrected chi connectivity index (χ2v) is 5.55. The van der Waals surface area contributed by atoms with Gasteiger partial charge in [-0.1, -0.05) is 25.4 Å². The van der Waals surface area contributed by atoms with E-state index in [1.54, 1.807) is 6.07 Å². The van der Waals surface area contributed by atoms with E-state index in [-0.39, 0.29) is 5.92 Å². The minimum absolute atomic E-state index is 0.0144. The summed E-state index contributed by atoms with van der Waals surface area (Å²) in [6.45, 7) is 5.61. The highest BCUT2D eigenvalue weighted by atomic mass is 79.9. The van der Waals surface area contributed by atoms with E-state index >= 15 is 0 Å². The number of halogens is 2. The first kappa shape index (κ1) is 14.3. The summed E-state index contributed by atoms with van der Waals surface area (Å²) in [6.07, 6.45) is 0. The first-order valence-corrected chi connectivity index (χ1v) is 6.45. The average Bonchev–Trinajstić information content (AvgIpc) is 2.20. The third kappa shape index (κ3) is 3.61. The van der Waals surface area contributed by atoms with Crippen LogP contribution in [0.4, 0.5) is 5.69 Å². The summed E-state index contributed by atoms with van der Waals surface area (Å²) >= 11 is 9.41. The van der Waals surface area contributed by atoms with Crippen molar-refractivity contribution in [2.75, 3.05) is 5.32 Å². The molecule has 0 saturated carbocycles. The summed E-state index contributed by atoms with van der Waals surface area (Å²) in [5, 5.41) is 12.7. The van der Waals surface area contributed by atoms with Crippen molar-refractivity contribution in [3.05, 3.63) is 27.2 Å². The van der Waals surface area contributed by atoms with Crippen LogP contribution in [0, 0.1) is 12.8 Å². The Morgan fingerprint density at radius 3 is 2.53 bits per heavy atom. The van der Waals surface area contributed by atoms with E-state index in [0.29, 0.717) is 10.7 Å². The summed E-state index contributed by atoms with van der Waals surface area (Å²) in [5.74, 6) is -0.886. The minimum Gasteiger partial charge on any atom is -0.480 e. The summed E-state index contributed by atoms with van der Waals surface area (Å²) in [5.41, 5.74) is 1.64. The fourth-order valence-corrected chi connectivity index (χ4v) is 2.17. The lowest BCUT2D eigenvalue weighted by Crippen LogP contribution is -2.34. The molecule has 0 spiro atoms. The van der Waals surface area contributed by atoms with Gasteiger partial charge in [-0.05, 0) is 46.5 Å². The Morgan fingerprint density at radius 2 is 2.06 bits per heavy atom. The van der Waals surface area contributed by atoms with Crippen molar-refractivity contribution in [1.82, 2.24) is 0 Å². The SMILES string of the molecule is Cc1cc(Br)c(NC(C(=O)O)C(C)C)cc1Cl. The van der Waals surface area contributed by atoms with Crippen LogP contribution in [0.15, 0.2) is 16.6 Å². The van der Waals surface area contributed by atoms with Crippen molar-refractivity contribution in [2.45, 2.75) is 26.8 Å². The summed E-state index contributed by atoms with van der Waals surface area (Å²) in [6, 6.07) is 2.97. The third-order valence-electron chi connectivity index (χ3n) is 2.49. The zero-order valence-corrected chi connectivity index (χ0v) is 12.3. The van der Waals surface area contributed by atoms with Gasteiger partial charge >= 0.3 is 5.97 Å². The van der Waals surface area contributed by atoms with Gasteiger partial charge in [-0.2, -0.15) is 0 Å². The molecule has 0 aliphatic heterocycles. The topological polar surface area (TPSA) is 49.3 Å². The quantitative estimate of drug-likeness (QED) is 0.883. The summed E-state index contributed by atoms with van der Waals surface area (Å²) in [4.78, 5) is 11.1. The molecule has 5 heteroatoms. The maximum absolute atomic E-state index is 11.1. The average molecular weight is 321 g/mol. The zero-order valence-electron chi connectivity index (χ0n) is 9.92. The molecule has 0 aromatic heterocycles. The molecular formula is C12H15BrClNO2. The van der Waals surface area contributed by atoms with Crippen LogP contribution >= 0.6 is 27.5 Å². The molecule has 1 aromatic carbocycles. The number of rotatable bonds is 4. The molecule has 0 amide bonds. The number of carbonyl (C=O) groups is 1. The van der Waals surface area contributed by atoms with Crippen LogP contribution in [0.25, 0.3) is 0 Å². The van der Waals surface area contributed by atoms with Gasteiger partial charge in [-0.15, -0.1) is 0 Å². The first-order valence-electron chi connectivity index (χ1n) is 5.28. The number of aliphatic carboxylic acids is 1. The van der Waals surface area contributed by atoms with Gasteiger partial charge in [0.25, 0.3) is 0 Å². The highest BCUT2D eigenvalue weighted by Crippen LogP contribution is 2.30. The van der Waals surface area contributed by atoms with Crippen molar-refractivity contribution < 1.29 is 9.90 Å². The van der Waals surface area contributed by atoms with Gasteiger partial charge in [0.2, 0.25) is 0 Å². The molecule has 17 heavy (non-hydrogen) atoms. The van der Waals surface area contributed by atoms with Crippen LogP contribution in [0.5, 0.6) is 0 Å². The van der Waals surface area contributed by atoms with Crippen molar-refractivity contribution in [3.8, 4) is 0 Å². The highest BCUT2D eigenvalue weighted by Gasteiger charge is 2.22. The van der Waals surface area contributed by atoms with Gasteiger partial charge in [-0.25, -0.2) is 4.79 Å². The highest BCUT2D eigenvalue weighted by molar-refractivity contribution is 9.10. The first-order chi connectivity index (χ1) is 7.82. The molecule has 0 radical (unpaired) electrons. The number of hydrogen-bond acceptors (Lipinski definition) is 2. The van der Waals surface area contributed by atoms with E-state index in [9.17, 15) is 4.79 Å². The molecule has 1 aromatic rings. The monoisotopic (exact) mass is 319 g/mol. The van der Waals surface area contributed by atoms with E-state index < -0.39 is 12.0 Å². The Hall–Kier alpha value is -0.740. The molecule has 1 rings (SSSR count). The molecule has 0 bridgehead atoms. The lowest BCUT2D eigenvalue weighted by molar-refractivity contribution is -0.138. The number of benzene rings is 1. The van der Waals surface area contributed by atoms with Crippen molar-refractivity contribution in [3.63, 3.8) is 0 Å². The van der Waals surface area contributed by atoms with Gasteiger partial charge in [0.1, 0.15) is 6.04 Å². The molecule has 0 fully saturated rings. The summed E-state index contributed by atoms with van der Waals surface area (Å²) < 4.78 is 0.811. The Labute approximate surface area is 114 Å². The maximum Gasteiger partial charge on any atom is 0.326 e. The molecule has 3 nitrogen and oxygen atoms in total. The van der Waals surface area contributed by atoms with E-state index in [1.807, 2.05) is 26.8 Å². The van der Waals surface area contributed by atoms with Crippen LogP contribution in [-0.4, -0.2) is 17.1 Å². The van der Waals surface area contributed by atoms with Gasteiger partial charge in [0, 0.05) is 9.50 Å². The number of hydrogen-bond donors (Lipinski definition) is 2. The smallest absolute Gasteiger partial charge is 0.326 e. The van der Waals surface area contributed by atoms with Crippen LogP contribution in [0.2, 0.25) is 5.02 Å². The predicted octanol–water partition coefficient (Wildman–Crippen LogP) is 3.93. The van der Waals surface area contributed by atoms with Gasteiger partial charge in [-0.3, -0.25) is 0 Å². The normalized spacial score (nSPS) is 12.6. The largest absolute Gasteiger partial charge is 0.480 e. The Morgan fingerprint density at radius 1 is 1.47 bits per heavy atom. The number of carboxylic acid groups (broad SMARTS) is 1. The molecular weight excluding hydrogens is 305 g/mol. The number of nitrogens with one attached hydrogen (secondary N) is 1. The summed E-state index contributed by atoms with van der Waals surface area (Å²) in [7, 11) is 0. The standard InChI is InChI=1S/C12H15BrClNO2/c1-6(2)11(12(16)17)15-10-5-9(14)7(3)4-8(10)13/h4-6,11,15H,1-3H3,(H,16,17). The second-order valence-electron chi connectivity index (χ2n) is 4.29. The van der Waals surface area contributed by atoms with E-state index in [2.05, 4.69) is 21.2 Å². The molecule has 0 aliphatic rings. The number of carboxylic acids is 1. The predicted molar refractivity (Wildman–Crippen MR) is 73.8 cm³/mol. The fourth-order valence-electron chi connectivity index (χ4n) is 1.44. The molecule has 1 atom stereocenters. The van der Waals surface area contributed by atoms with Gasteiger partial charge in [0.05, 0.1) is 5.69 Å². The van der Waals surface area contributed by atoms with Crippen LogP contribution in [-0.2, 0) is 4.79 Å². The van der Waals surface area contributed by atoms with Gasteiger partial charge in [0.15, 0.2) is 0 Å². The maximum atomic E-state index is 11.1. The van der Waals surface area contributed by atoms with Crippen molar-refractivity contribution in [1.29, 1.82) is 0 Å². The van der Waals surface area contributed by atoms with Gasteiger partial charge < -0.3 is 10.4 Å². The van der Waals surface area contributed by atoms with E-state index in [0.717, 1.165) is 10.0 Å². The van der Waals surface area contributed by atoms with E-state index in [4.69, 9.17) is 16.7 Å². The molecule has 94 valence electrons. The fraction of sp³-hybridized carbons (Fsp3) is 0.417. The Bertz CT molecular complexity index is 435. The lowest BCUT2D eigenvalue weighted by atomic mass is 10.0. The second kappa shape index (κ2) is 5.74. The third-order valence-corrected chi connectivity index (χ3v) is 3.56. The van der Waals surface area contributed by atoms with Crippen LogP contribution in [0.3, 0.4) is 0 Å². The van der Waals surface area contributed by atoms with Crippen molar-refractivity contribution in [2.24, 2.45) is 5.92 Å². The molecule has 1 unspecified atom stereocenters. The lowest BCUT2D eigenvalue weighted by Gasteiger charge is -2.20. The molecule has 0 heterocycles. The zero-order chi connectivity index (χ0) is 13.2. The number of anilines is 1. The number of aryl methyl sites for hydroxylation is 1.